The van der Waals surface area contributed by atoms with Gasteiger partial charge in [0.2, 0.25) is 0 Å². The van der Waals surface area contributed by atoms with Crippen LogP contribution in [0.5, 0.6) is 0 Å². The maximum absolute atomic E-state index is 9.77. The number of hydrogen-bond acceptors (Lipinski definition) is 2. The van der Waals surface area contributed by atoms with Crippen LogP contribution in [0.4, 0.5) is 0 Å². The molecule has 1 N–H and O–H groups in total. The predicted octanol–water partition coefficient (Wildman–Crippen LogP) is -1.08. The Kier molecular flexibility index (Phi) is 1.26. The summed E-state index contributed by atoms with van der Waals surface area (Å²) in [5, 5.41) is 2.99. The van der Waals surface area contributed by atoms with E-state index in [1.807, 2.05) is 0 Å². The van der Waals surface area contributed by atoms with Crippen LogP contribution >= 0.6 is 0 Å². The molecule has 0 spiro atoms. The van der Waals surface area contributed by atoms with E-state index in [-0.39, 0.29) is 0 Å². The smallest absolute Gasteiger partial charge is 0.313 e. The minimum atomic E-state index is 0.670. The fraction of sp³-hybridized carbons (Fsp3) is 0.750. The largest absolute Gasteiger partial charge is 0.320 e. The fourth-order valence-corrected chi connectivity index (χ4v) is 0.585. The second-order valence-electron chi connectivity index (χ2n) is 1.51. The third kappa shape index (κ3) is 0.899. The monoisotopic (exact) mass is 99.1 g/mol. The first kappa shape index (κ1) is 4.59. The normalized spacial score (nSPS) is 20.3. The first-order chi connectivity index (χ1) is 3.43. The van der Waals surface area contributed by atoms with E-state index in [0.717, 1.165) is 13.1 Å². The van der Waals surface area contributed by atoms with Gasteiger partial charge in [0.25, 0.3) is 0 Å². The lowest BCUT2D eigenvalue weighted by molar-refractivity contribution is 0.437. The van der Waals surface area contributed by atoms with E-state index in [1.54, 1.807) is 11.3 Å². The highest BCUT2D eigenvalue weighted by Crippen LogP contribution is 1.83. The number of carbonyl (C=O) groups excluding carboxylic acids is 1. The summed E-state index contributed by atoms with van der Waals surface area (Å²) in [6.07, 6.45) is 1.78. The predicted molar refractivity (Wildman–Crippen MR) is 25.3 cm³/mol. The zero-order chi connectivity index (χ0) is 5.11. The van der Waals surface area contributed by atoms with Gasteiger partial charge in [-0.1, -0.05) is 0 Å². The molecule has 0 atom stereocenters. The van der Waals surface area contributed by atoms with Crippen LogP contribution in [0.1, 0.15) is 0 Å². The summed E-state index contributed by atoms with van der Waals surface area (Å²) in [5.41, 5.74) is 0. The first-order valence-corrected chi connectivity index (χ1v) is 2.27. The van der Waals surface area contributed by atoms with Crippen molar-refractivity contribution in [1.29, 1.82) is 0 Å². The van der Waals surface area contributed by atoms with Crippen molar-refractivity contribution in [2.24, 2.45) is 0 Å². The lowest BCUT2D eigenvalue weighted by Crippen LogP contribution is -2.19. The number of amides is 1. The Morgan fingerprint density at radius 3 is 2.86 bits per heavy atom. The zero-order valence-electron chi connectivity index (χ0n) is 3.98. The summed E-state index contributed by atoms with van der Waals surface area (Å²) >= 11 is 0. The van der Waals surface area contributed by atoms with Gasteiger partial charge in [0.05, 0.1) is 6.67 Å². The molecule has 39 valence electrons. The molecule has 0 aromatic heterocycles. The van der Waals surface area contributed by atoms with Crippen LogP contribution in [0.15, 0.2) is 0 Å². The standard InChI is InChI=1S/C4H7N2O/c7-4-6-2-1-5-3-6/h5H,1-3H2. The average Bonchev–Trinajstić information content (AvgIpc) is 2.14. The molecular formula is C4H7N2O. The zero-order valence-corrected chi connectivity index (χ0v) is 3.98. The van der Waals surface area contributed by atoms with Crippen molar-refractivity contribution < 1.29 is 4.79 Å². The molecule has 3 heteroatoms. The lowest BCUT2D eigenvalue weighted by atomic mass is 10.7. The van der Waals surface area contributed by atoms with Crippen molar-refractivity contribution in [3.63, 3.8) is 0 Å². The molecular weight excluding hydrogens is 92.1 g/mol. The molecule has 3 nitrogen and oxygen atoms in total. The summed E-state index contributed by atoms with van der Waals surface area (Å²) in [6, 6.07) is 0. The highest BCUT2D eigenvalue weighted by atomic mass is 16.1. The molecule has 1 heterocycles. The van der Waals surface area contributed by atoms with Gasteiger partial charge >= 0.3 is 6.41 Å². The van der Waals surface area contributed by atoms with Gasteiger partial charge in [0.15, 0.2) is 0 Å². The molecule has 0 saturated carbocycles. The summed E-state index contributed by atoms with van der Waals surface area (Å²) in [7, 11) is 0. The summed E-state index contributed by atoms with van der Waals surface area (Å²) in [5.74, 6) is 0. The number of rotatable bonds is 1. The third-order valence-corrected chi connectivity index (χ3v) is 0.990. The van der Waals surface area contributed by atoms with Crippen LogP contribution in [0.2, 0.25) is 0 Å². The fourth-order valence-electron chi connectivity index (χ4n) is 0.585. The van der Waals surface area contributed by atoms with Gasteiger partial charge < -0.3 is 4.90 Å². The molecule has 0 aliphatic carbocycles. The maximum atomic E-state index is 9.77. The van der Waals surface area contributed by atoms with Crippen LogP contribution in [0, 0.1) is 0 Å². The van der Waals surface area contributed by atoms with Gasteiger partial charge in [0.1, 0.15) is 0 Å². The molecule has 1 rings (SSSR count). The molecule has 1 aliphatic heterocycles. The van der Waals surface area contributed by atoms with E-state index in [9.17, 15) is 4.79 Å². The molecule has 1 radical (unpaired) electrons. The minimum absolute atomic E-state index is 0.670. The van der Waals surface area contributed by atoms with Crippen LogP contribution in [0.25, 0.3) is 0 Å². The van der Waals surface area contributed by atoms with Crippen molar-refractivity contribution in [3.8, 4) is 0 Å². The van der Waals surface area contributed by atoms with E-state index in [2.05, 4.69) is 5.32 Å². The Morgan fingerprint density at radius 1 is 1.71 bits per heavy atom. The van der Waals surface area contributed by atoms with Crippen molar-refractivity contribution in [1.82, 2.24) is 10.2 Å². The molecule has 7 heavy (non-hydrogen) atoms. The van der Waals surface area contributed by atoms with Crippen molar-refractivity contribution in [2.75, 3.05) is 19.8 Å². The second-order valence-corrected chi connectivity index (χ2v) is 1.51. The van der Waals surface area contributed by atoms with Crippen LogP contribution in [0.3, 0.4) is 0 Å². The van der Waals surface area contributed by atoms with Gasteiger partial charge in [0, 0.05) is 13.1 Å². The Hall–Kier alpha value is -0.570. The molecule has 0 unspecified atom stereocenters. The Balaban J connectivity index is 2.26. The van der Waals surface area contributed by atoms with E-state index in [1.165, 1.54) is 0 Å². The Morgan fingerprint density at radius 2 is 2.57 bits per heavy atom. The van der Waals surface area contributed by atoms with Crippen LogP contribution in [-0.4, -0.2) is 31.1 Å². The summed E-state index contributed by atoms with van der Waals surface area (Å²) < 4.78 is 0. The molecule has 1 saturated heterocycles. The molecule has 1 fully saturated rings. The molecule has 1 aliphatic rings. The quantitative estimate of drug-likeness (QED) is 0.453. The minimum Gasteiger partial charge on any atom is -0.320 e. The second kappa shape index (κ2) is 1.93. The van der Waals surface area contributed by atoms with Crippen LogP contribution < -0.4 is 5.32 Å². The lowest BCUT2D eigenvalue weighted by Gasteiger charge is -2.00. The van der Waals surface area contributed by atoms with E-state index in [4.69, 9.17) is 0 Å². The molecule has 0 aromatic rings. The summed E-state index contributed by atoms with van der Waals surface area (Å²) in [4.78, 5) is 11.3. The van der Waals surface area contributed by atoms with Gasteiger partial charge in [-0.2, -0.15) is 0 Å². The summed E-state index contributed by atoms with van der Waals surface area (Å²) in [6.45, 7) is 2.39. The molecule has 1 amide bonds. The molecule has 0 aromatic carbocycles. The van der Waals surface area contributed by atoms with Crippen molar-refractivity contribution >= 4 is 6.41 Å². The average molecular weight is 99.1 g/mol. The van der Waals surface area contributed by atoms with Crippen molar-refractivity contribution in [3.05, 3.63) is 0 Å². The SMILES string of the molecule is O=[C]N1CCNC1. The Bertz CT molecular complexity index is 68.1. The van der Waals surface area contributed by atoms with Crippen LogP contribution in [-0.2, 0) is 4.79 Å². The molecule has 0 bridgehead atoms. The first-order valence-electron chi connectivity index (χ1n) is 2.27. The van der Waals surface area contributed by atoms with Gasteiger partial charge in [-0.15, -0.1) is 0 Å². The van der Waals surface area contributed by atoms with Gasteiger partial charge in [-0.3, -0.25) is 10.1 Å². The number of nitrogens with one attached hydrogen (secondary N) is 1. The van der Waals surface area contributed by atoms with Gasteiger partial charge in [-0.05, 0) is 0 Å². The Labute approximate surface area is 42.3 Å². The van der Waals surface area contributed by atoms with E-state index < -0.39 is 0 Å². The topological polar surface area (TPSA) is 32.3 Å². The third-order valence-electron chi connectivity index (χ3n) is 0.990. The van der Waals surface area contributed by atoms with Gasteiger partial charge in [-0.25, -0.2) is 0 Å². The number of nitrogens with zero attached hydrogens (tertiary/aromatic N) is 1. The highest BCUT2D eigenvalue weighted by Gasteiger charge is 2.06. The number of hydrogen-bond donors (Lipinski definition) is 1. The van der Waals surface area contributed by atoms with E-state index in [0.29, 0.717) is 6.67 Å². The maximum Gasteiger partial charge on any atom is 0.313 e. The highest BCUT2D eigenvalue weighted by molar-refractivity contribution is 5.48. The van der Waals surface area contributed by atoms with Crippen molar-refractivity contribution in [2.45, 2.75) is 0 Å². The van der Waals surface area contributed by atoms with E-state index >= 15 is 0 Å².